The maximum atomic E-state index is 15.2. The molecular weight excluding hydrogens is 421 g/mol. The second-order valence-electron chi connectivity index (χ2n) is 6.96. The van der Waals surface area contributed by atoms with Gasteiger partial charge in [-0.05, 0) is 37.1 Å². The number of hydrogen-bond acceptors (Lipinski definition) is 6. The van der Waals surface area contributed by atoms with E-state index in [4.69, 9.17) is 5.73 Å². The minimum Gasteiger partial charge on any atom is -0.397 e. The first-order valence-electron chi connectivity index (χ1n) is 8.75. The van der Waals surface area contributed by atoms with Crippen molar-refractivity contribution in [1.82, 2.24) is 15.1 Å². The third-order valence-electron chi connectivity index (χ3n) is 5.10. The molecule has 1 aliphatic rings. The van der Waals surface area contributed by atoms with Gasteiger partial charge in [-0.1, -0.05) is 23.9 Å². The molecule has 0 saturated carbocycles. The van der Waals surface area contributed by atoms with Crippen molar-refractivity contribution in [1.29, 1.82) is 0 Å². The number of nitrogens with two attached hydrogens (primary N) is 1. The highest BCUT2D eigenvalue weighted by atomic mass is 32.2. The topological polar surface area (TPSA) is 72.1 Å². The van der Waals surface area contributed by atoms with Crippen molar-refractivity contribution in [2.45, 2.75) is 30.2 Å². The van der Waals surface area contributed by atoms with Gasteiger partial charge in [0.05, 0.1) is 24.5 Å². The molecule has 0 bridgehead atoms. The Bertz CT molecular complexity index is 1100. The van der Waals surface area contributed by atoms with Gasteiger partial charge in [0.2, 0.25) is 0 Å². The number of likely N-dealkylation sites (tertiary alicyclic amines) is 1. The Hall–Kier alpha value is -2.33. The number of thioether (sulfide) groups is 1. The van der Waals surface area contributed by atoms with Gasteiger partial charge in [-0.2, -0.15) is 13.9 Å². The number of nitrogen functional groups attached to an aromatic ring is 1. The maximum Gasteiger partial charge on any atom is 0.288 e. The van der Waals surface area contributed by atoms with Gasteiger partial charge >= 0.3 is 0 Å². The summed E-state index contributed by atoms with van der Waals surface area (Å²) in [4.78, 5) is 15.5. The van der Waals surface area contributed by atoms with Crippen LogP contribution in [-0.4, -0.2) is 39.9 Å². The summed E-state index contributed by atoms with van der Waals surface area (Å²) in [6.45, 7) is 3.45. The number of nitrogens with zero attached hydrogens (tertiary/aromatic N) is 3. The summed E-state index contributed by atoms with van der Waals surface area (Å²) in [7, 11) is 0. The van der Waals surface area contributed by atoms with E-state index >= 15 is 4.39 Å². The molecule has 0 atom stereocenters. The van der Waals surface area contributed by atoms with E-state index in [0.717, 1.165) is 22.6 Å². The summed E-state index contributed by atoms with van der Waals surface area (Å²) in [5.41, 5.74) is 6.80. The lowest BCUT2D eigenvalue weighted by molar-refractivity contribution is -0.0228. The number of amides is 1. The number of carbonyl (C=O) groups excluding carboxylic acids is 1. The molecule has 1 aromatic carbocycles. The predicted molar refractivity (Wildman–Crippen MR) is 108 cm³/mol. The molecule has 1 saturated heterocycles. The lowest BCUT2D eigenvalue weighted by Crippen LogP contribution is -2.58. The Morgan fingerprint density at radius 1 is 1.24 bits per heavy atom. The standard InChI is InChI=1S/C19H17F3N4OS2/c1-9-10(2)24-25-16-13(9)14(23)15(29-16)17(27)26-7-19(22,8-26)11-3-5-12(6-4-11)28-18(20)21/h3-6,18H,7-8,23H2,1-2H3. The molecule has 3 heterocycles. The molecule has 4 rings (SSSR count). The largest absolute Gasteiger partial charge is 0.397 e. The fourth-order valence-corrected chi connectivity index (χ4v) is 4.93. The molecule has 5 nitrogen and oxygen atoms in total. The number of rotatable bonds is 4. The maximum absolute atomic E-state index is 15.2. The van der Waals surface area contributed by atoms with E-state index in [1.54, 1.807) is 0 Å². The van der Waals surface area contributed by atoms with E-state index in [9.17, 15) is 13.6 Å². The van der Waals surface area contributed by atoms with Crippen LogP contribution in [0.5, 0.6) is 0 Å². The number of fused-ring (bicyclic) bond motifs is 1. The minimum atomic E-state index is -2.53. The van der Waals surface area contributed by atoms with E-state index in [0.29, 0.717) is 43.0 Å². The van der Waals surface area contributed by atoms with E-state index in [1.807, 2.05) is 13.8 Å². The monoisotopic (exact) mass is 438 g/mol. The second-order valence-corrected chi connectivity index (χ2v) is 9.03. The fraction of sp³-hybridized carbons (Fsp3) is 0.316. The zero-order valence-corrected chi connectivity index (χ0v) is 17.2. The molecule has 3 aromatic rings. The average Bonchev–Trinajstić information content (AvgIpc) is 2.99. The van der Waals surface area contributed by atoms with E-state index in [1.165, 1.54) is 29.2 Å². The van der Waals surface area contributed by atoms with Crippen molar-refractivity contribution >= 4 is 44.9 Å². The number of aryl methyl sites for hydroxylation is 2. The van der Waals surface area contributed by atoms with Crippen LogP contribution in [0.15, 0.2) is 29.2 Å². The van der Waals surface area contributed by atoms with Gasteiger partial charge in [-0.15, -0.1) is 16.4 Å². The first-order valence-corrected chi connectivity index (χ1v) is 10.4. The summed E-state index contributed by atoms with van der Waals surface area (Å²) < 4.78 is 40.0. The Balaban J connectivity index is 1.52. The van der Waals surface area contributed by atoms with Crippen LogP contribution >= 0.6 is 23.1 Å². The van der Waals surface area contributed by atoms with Crippen LogP contribution < -0.4 is 5.73 Å². The van der Waals surface area contributed by atoms with Crippen molar-refractivity contribution in [2.75, 3.05) is 18.8 Å². The zero-order valence-electron chi connectivity index (χ0n) is 15.6. The smallest absolute Gasteiger partial charge is 0.288 e. The number of anilines is 1. The molecule has 29 heavy (non-hydrogen) atoms. The molecule has 0 unspecified atom stereocenters. The lowest BCUT2D eigenvalue weighted by atomic mass is 9.88. The van der Waals surface area contributed by atoms with Gasteiger partial charge in [-0.25, -0.2) is 4.39 Å². The van der Waals surface area contributed by atoms with Crippen LogP contribution in [0.3, 0.4) is 0 Å². The summed E-state index contributed by atoms with van der Waals surface area (Å²) in [5.74, 6) is -2.87. The Morgan fingerprint density at radius 3 is 2.52 bits per heavy atom. The molecule has 0 radical (unpaired) electrons. The number of carbonyl (C=O) groups is 1. The minimum absolute atomic E-state index is 0.120. The molecule has 10 heteroatoms. The molecule has 1 fully saturated rings. The van der Waals surface area contributed by atoms with Crippen molar-refractivity contribution in [3.05, 3.63) is 46.0 Å². The van der Waals surface area contributed by atoms with Gasteiger partial charge in [0.15, 0.2) is 5.67 Å². The van der Waals surface area contributed by atoms with Gasteiger partial charge in [0.25, 0.3) is 11.7 Å². The number of halogens is 3. The van der Waals surface area contributed by atoms with Crippen LogP contribution in [0.4, 0.5) is 18.9 Å². The molecule has 0 aliphatic carbocycles. The number of thiophene rings is 1. The average molecular weight is 439 g/mol. The first kappa shape index (κ1) is 20.0. The van der Waals surface area contributed by atoms with Crippen molar-refractivity contribution in [3.63, 3.8) is 0 Å². The third-order valence-corrected chi connectivity index (χ3v) is 6.90. The number of alkyl halides is 3. The quantitative estimate of drug-likeness (QED) is 0.606. The molecule has 0 spiro atoms. The van der Waals surface area contributed by atoms with E-state index in [2.05, 4.69) is 10.2 Å². The Morgan fingerprint density at radius 2 is 1.90 bits per heavy atom. The molecule has 2 aromatic heterocycles. The SMILES string of the molecule is Cc1nnc2sc(C(=O)N3CC(F)(c4ccc(SC(F)F)cc4)C3)c(N)c2c1C. The summed E-state index contributed by atoms with van der Waals surface area (Å²) in [5, 5.41) is 8.87. The Kier molecular flexibility index (Phi) is 4.94. The summed E-state index contributed by atoms with van der Waals surface area (Å²) >= 11 is 1.56. The van der Waals surface area contributed by atoms with Gasteiger partial charge in [0.1, 0.15) is 9.71 Å². The molecule has 1 amide bonds. The first-order chi connectivity index (χ1) is 13.7. The Labute approximate surface area is 173 Å². The highest BCUT2D eigenvalue weighted by molar-refractivity contribution is 7.99. The normalized spacial score (nSPS) is 15.7. The lowest BCUT2D eigenvalue weighted by Gasteiger charge is -2.44. The summed E-state index contributed by atoms with van der Waals surface area (Å²) in [6.07, 6.45) is 0. The van der Waals surface area contributed by atoms with Crippen LogP contribution in [0.2, 0.25) is 0 Å². The van der Waals surface area contributed by atoms with Crippen molar-refractivity contribution in [2.24, 2.45) is 0 Å². The molecule has 1 aliphatic heterocycles. The van der Waals surface area contributed by atoms with Crippen molar-refractivity contribution < 1.29 is 18.0 Å². The zero-order chi connectivity index (χ0) is 20.9. The second kappa shape index (κ2) is 7.17. The molecule has 2 N–H and O–H groups in total. The van der Waals surface area contributed by atoms with Gasteiger partial charge < -0.3 is 10.6 Å². The highest BCUT2D eigenvalue weighted by Crippen LogP contribution is 2.41. The van der Waals surface area contributed by atoms with Crippen LogP contribution in [0, 0.1) is 13.8 Å². The molecular formula is C19H17F3N4OS2. The number of benzene rings is 1. The predicted octanol–water partition coefficient (Wildman–Crippen LogP) is 4.53. The van der Waals surface area contributed by atoms with Crippen LogP contribution in [-0.2, 0) is 5.67 Å². The van der Waals surface area contributed by atoms with Crippen LogP contribution in [0.1, 0.15) is 26.5 Å². The number of hydrogen-bond donors (Lipinski definition) is 1. The van der Waals surface area contributed by atoms with Crippen LogP contribution in [0.25, 0.3) is 10.2 Å². The third kappa shape index (κ3) is 3.44. The van der Waals surface area contributed by atoms with E-state index in [-0.39, 0.29) is 19.0 Å². The fourth-order valence-electron chi connectivity index (χ4n) is 3.36. The summed E-state index contributed by atoms with van der Waals surface area (Å²) in [6, 6.07) is 5.90. The van der Waals surface area contributed by atoms with E-state index < -0.39 is 11.4 Å². The number of aromatic nitrogens is 2. The highest BCUT2D eigenvalue weighted by Gasteiger charge is 2.48. The molecule has 152 valence electrons. The van der Waals surface area contributed by atoms with Gasteiger partial charge in [0, 0.05) is 10.3 Å². The van der Waals surface area contributed by atoms with Gasteiger partial charge in [-0.3, -0.25) is 4.79 Å². The van der Waals surface area contributed by atoms with Crippen molar-refractivity contribution in [3.8, 4) is 0 Å².